The Balaban J connectivity index is 2.71. The fourth-order valence-corrected chi connectivity index (χ4v) is 1.53. The molecule has 0 spiro atoms. The summed E-state index contributed by atoms with van der Waals surface area (Å²) < 4.78 is 17.8. The van der Waals surface area contributed by atoms with E-state index in [2.05, 4.69) is 10.1 Å². The summed E-state index contributed by atoms with van der Waals surface area (Å²) in [5, 5.41) is 2.29. The number of halogens is 1. The van der Waals surface area contributed by atoms with Crippen LogP contribution in [0.25, 0.3) is 0 Å². The first kappa shape index (κ1) is 15.6. The molecule has 1 rings (SSSR count). The largest absolute Gasteiger partial charge is 0.469 e. The average molecular weight is 282 g/mol. The molecule has 0 heterocycles. The number of amides is 2. The molecule has 0 aliphatic heterocycles. The fourth-order valence-electron chi connectivity index (χ4n) is 1.53. The summed E-state index contributed by atoms with van der Waals surface area (Å²) in [5.74, 6) is -2.81. The van der Waals surface area contributed by atoms with Crippen molar-refractivity contribution in [3.8, 4) is 0 Å². The summed E-state index contributed by atoms with van der Waals surface area (Å²) in [6, 6.07) is 4.27. The van der Waals surface area contributed by atoms with Gasteiger partial charge in [-0.15, -0.1) is 0 Å². The minimum absolute atomic E-state index is 0.0117. The second kappa shape index (κ2) is 7.22. The molecule has 0 saturated heterocycles. The molecule has 0 aliphatic rings. The van der Waals surface area contributed by atoms with Gasteiger partial charge in [0.2, 0.25) is 5.91 Å². The summed E-state index contributed by atoms with van der Waals surface area (Å²) in [5.41, 5.74) is 4.93. The molecule has 108 valence electrons. The lowest BCUT2D eigenvalue weighted by Crippen LogP contribution is -2.44. The zero-order chi connectivity index (χ0) is 15.1. The number of nitrogens with two attached hydrogens (primary N) is 1. The Bertz CT molecular complexity index is 519. The first-order chi connectivity index (χ1) is 9.45. The van der Waals surface area contributed by atoms with E-state index in [9.17, 15) is 18.8 Å². The molecule has 0 saturated carbocycles. The van der Waals surface area contributed by atoms with E-state index in [4.69, 9.17) is 5.73 Å². The van der Waals surface area contributed by atoms with Crippen molar-refractivity contribution in [2.24, 2.45) is 5.73 Å². The van der Waals surface area contributed by atoms with Crippen LogP contribution in [0.3, 0.4) is 0 Å². The Morgan fingerprint density at radius 2 is 2.00 bits per heavy atom. The Hall–Kier alpha value is -2.44. The van der Waals surface area contributed by atoms with Gasteiger partial charge in [0, 0.05) is 6.42 Å². The number of benzene rings is 1. The van der Waals surface area contributed by atoms with E-state index in [0.29, 0.717) is 0 Å². The van der Waals surface area contributed by atoms with E-state index in [1.165, 1.54) is 25.3 Å². The van der Waals surface area contributed by atoms with Gasteiger partial charge < -0.3 is 15.8 Å². The van der Waals surface area contributed by atoms with Crippen LogP contribution in [0.15, 0.2) is 24.3 Å². The molecule has 0 aromatic heterocycles. The van der Waals surface area contributed by atoms with Crippen LogP contribution in [-0.2, 0) is 14.3 Å². The maximum Gasteiger partial charge on any atom is 0.305 e. The molecule has 2 amide bonds. The number of methoxy groups -OCH3 is 1. The summed E-state index contributed by atoms with van der Waals surface area (Å²) in [6.07, 6.45) is -0.0934. The van der Waals surface area contributed by atoms with Crippen molar-refractivity contribution in [3.63, 3.8) is 0 Å². The van der Waals surface area contributed by atoms with Gasteiger partial charge in [-0.25, -0.2) is 4.39 Å². The van der Waals surface area contributed by atoms with Crippen LogP contribution in [0.5, 0.6) is 0 Å². The standard InChI is InChI=1S/C13H15FN2O4/c1-20-11(17)7-6-10(12(15)18)16-13(19)8-4-2-3-5-9(8)14/h2-5,10H,6-7H2,1H3,(H2,15,18)(H,16,19)/t10-/m0/s1. The number of rotatable bonds is 6. The Morgan fingerprint density at radius 3 is 2.55 bits per heavy atom. The Labute approximate surface area is 115 Å². The van der Waals surface area contributed by atoms with E-state index in [0.717, 1.165) is 6.07 Å². The molecule has 1 aromatic rings. The smallest absolute Gasteiger partial charge is 0.305 e. The highest BCUT2D eigenvalue weighted by Gasteiger charge is 2.21. The van der Waals surface area contributed by atoms with Gasteiger partial charge in [0.25, 0.3) is 5.91 Å². The van der Waals surface area contributed by atoms with Gasteiger partial charge in [-0.2, -0.15) is 0 Å². The number of ether oxygens (including phenoxy) is 1. The van der Waals surface area contributed by atoms with Gasteiger partial charge in [-0.1, -0.05) is 12.1 Å². The Morgan fingerprint density at radius 1 is 1.35 bits per heavy atom. The first-order valence-electron chi connectivity index (χ1n) is 5.87. The molecule has 1 atom stereocenters. The molecule has 0 fully saturated rings. The van der Waals surface area contributed by atoms with Gasteiger partial charge in [0.15, 0.2) is 0 Å². The molecular weight excluding hydrogens is 267 g/mol. The van der Waals surface area contributed by atoms with Crippen molar-refractivity contribution in [1.82, 2.24) is 5.32 Å². The van der Waals surface area contributed by atoms with Crippen LogP contribution in [-0.4, -0.2) is 30.9 Å². The lowest BCUT2D eigenvalue weighted by atomic mass is 10.1. The molecule has 0 radical (unpaired) electrons. The number of hydrogen-bond donors (Lipinski definition) is 2. The third-order valence-electron chi connectivity index (χ3n) is 2.63. The molecule has 3 N–H and O–H groups in total. The van der Waals surface area contributed by atoms with Gasteiger partial charge in [0.05, 0.1) is 12.7 Å². The number of carbonyl (C=O) groups excluding carboxylic acids is 3. The quantitative estimate of drug-likeness (QED) is 0.736. The van der Waals surface area contributed by atoms with E-state index in [-0.39, 0.29) is 18.4 Å². The third kappa shape index (κ3) is 4.34. The molecular formula is C13H15FN2O4. The molecule has 0 aliphatic carbocycles. The second-order valence-electron chi connectivity index (χ2n) is 4.02. The van der Waals surface area contributed by atoms with Crippen LogP contribution < -0.4 is 11.1 Å². The number of nitrogens with one attached hydrogen (secondary N) is 1. The SMILES string of the molecule is COC(=O)CC[C@H](NC(=O)c1ccccc1F)C(N)=O. The number of hydrogen-bond acceptors (Lipinski definition) is 4. The average Bonchev–Trinajstić information content (AvgIpc) is 2.42. The van der Waals surface area contributed by atoms with Crippen LogP contribution >= 0.6 is 0 Å². The lowest BCUT2D eigenvalue weighted by Gasteiger charge is -2.15. The van der Waals surface area contributed by atoms with Crippen molar-refractivity contribution in [2.75, 3.05) is 7.11 Å². The molecule has 20 heavy (non-hydrogen) atoms. The maximum atomic E-state index is 13.4. The predicted octanol–water partition coefficient (Wildman–Crippen LogP) is 0.363. The molecule has 7 heteroatoms. The van der Waals surface area contributed by atoms with Crippen molar-refractivity contribution < 1.29 is 23.5 Å². The third-order valence-corrected chi connectivity index (χ3v) is 2.63. The van der Waals surface area contributed by atoms with Gasteiger partial charge in [-0.3, -0.25) is 14.4 Å². The van der Waals surface area contributed by atoms with E-state index < -0.39 is 29.6 Å². The van der Waals surface area contributed by atoms with Crippen LogP contribution in [0.2, 0.25) is 0 Å². The van der Waals surface area contributed by atoms with Crippen LogP contribution in [0.4, 0.5) is 4.39 Å². The predicted molar refractivity (Wildman–Crippen MR) is 68.1 cm³/mol. The van der Waals surface area contributed by atoms with Crippen molar-refractivity contribution in [2.45, 2.75) is 18.9 Å². The minimum atomic E-state index is -1.07. The molecule has 0 bridgehead atoms. The molecule has 1 aromatic carbocycles. The highest BCUT2D eigenvalue weighted by atomic mass is 19.1. The summed E-state index contributed by atoms with van der Waals surface area (Å²) in [6.45, 7) is 0. The molecule has 6 nitrogen and oxygen atoms in total. The number of carbonyl (C=O) groups is 3. The number of primary amides is 1. The Kier molecular flexibility index (Phi) is 5.64. The second-order valence-corrected chi connectivity index (χ2v) is 4.02. The van der Waals surface area contributed by atoms with Crippen molar-refractivity contribution >= 4 is 17.8 Å². The van der Waals surface area contributed by atoms with E-state index in [1.807, 2.05) is 0 Å². The first-order valence-corrected chi connectivity index (χ1v) is 5.87. The van der Waals surface area contributed by atoms with Gasteiger partial charge in [-0.05, 0) is 18.6 Å². The number of esters is 1. The highest BCUT2D eigenvalue weighted by Crippen LogP contribution is 2.07. The maximum absolute atomic E-state index is 13.4. The fraction of sp³-hybridized carbons (Fsp3) is 0.308. The minimum Gasteiger partial charge on any atom is -0.469 e. The normalized spacial score (nSPS) is 11.5. The zero-order valence-electron chi connectivity index (χ0n) is 10.9. The zero-order valence-corrected chi connectivity index (χ0v) is 10.9. The topological polar surface area (TPSA) is 98.5 Å². The summed E-state index contributed by atoms with van der Waals surface area (Å²) >= 11 is 0. The van der Waals surface area contributed by atoms with E-state index >= 15 is 0 Å². The highest BCUT2D eigenvalue weighted by molar-refractivity contribution is 5.97. The van der Waals surface area contributed by atoms with Crippen molar-refractivity contribution in [1.29, 1.82) is 0 Å². The van der Waals surface area contributed by atoms with Crippen LogP contribution in [0.1, 0.15) is 23.2 Å². The lowest BCUT2D eigenvalue weighted by molar-refractivity contribution is -0.140. The van der Waals surface area contributed by atoms with Gasteiger partial charge >= 0.3 is 5.97 Å². The summed E-state index contributed by atoms with van der Waals surface area (Å²) in [4.78, 5) is 34.0. The summed E-state index contributed by atoms with van der Waals surface area (Å²) in [7, 11) is 1.21. The van der Waals surface area contributed by atoms with E-state index in [1.54, 1.807) is 0 Å². The van der Waals surface area contributed by atoms with Crippen molar-refractivity contribution in [3.05, 3.63) is 35.6 Å². The van der Waals surface area contributed by atoms with Gasteiger partial charge in [0.1, 0.15) is 11.9 Å². The van der Waals surface area contributed by atoms with Crippen LogP contribution in [0, 0.1) is 5.82 Å². The monoisotopic (exact) mass is 282 g/mol. The molecule has 0 unspecified atom stereocenters.